The van der Waals surface area contributed by atoms with Gasteiger partial charge in [0.25, 0.3) is 0 Å². The number of nitrogens with one attached hydrogen (secondary N) is 1. The molecule has 0 aromatic heterocycles. The van der Waals surface area contributed by atoms with Crippen molar-refractivity contribution >= 4 is 24.8 Å². The molecule has 20 heavy (non-hydrogen) atoms. The monoisotopic (exact) mass is 322 g/mol. The van der Waals surface area contributed by atoms with Crippen molar-refractivity contribution in [3.05, 3.63) is 35.4 Å². The van der Waals surface area contributed by atoms with Gasteiger partial charge in [0.1, 0.15) is 6.67 Å². The molecule has 1 heterocycles. The maximum absolute atomic E-state index is 13.3. The minimum atomic E-state index is -0.305. The van der Waals surface area contributed by atoms with Crippen molar-refractivity contribution in [2.24, 2.45) is 0 Å². The molecule has 2 rings (SSSR count). The minimum Gasteiger partial charge on any atom is -0.314 e. The van der Waals surface area contributed by atoms with E-state index >= 15 is 0 Å². The smallest absolute Gasteiger partial charge is 0.109 e. The molecule has 0 amide bonds. The number of halogens is 3. The van der Waals surface area contributed by atoms with Crippen molar-refractivity contribution in [2.75, 3.05) is 32.9 Å². The Labute approximate surface area is 133 Å². The quantitative estimate of drug-likeness (QED) is 0.911. The molecule has 0 unspecified atom stereocenters. The van der Waals surface area contributed by atoms with Crippen molar-refractivity contribution in [3.63, 3.8) is 0 Å². The molecule has 2 nitrogen and oxygen atoms in total. The fraction of sp³-hybridized carbons (Fsp3) is 0.600. The summed E-state index contributed by atoms with van der Waals surface area (Å²) in [5.74, 6) is 0.530. The van der Waals surface area contributed by atoms with Gasteiger partial charge in [-0.2, -0.15) is 0 Å². The van der Waals surface area contributed by atoms with E-state index < -0.39 is 0 Å². The van der Waals surface area contributed by atoms with E-state index in [0.29, 0.717) is 5.92 Å². The fourth-order valence-corrected chi connectivity index (χ4v) is 2.49. The molecule has 1 aromatic rings. The topological polar surface area (TPSA) is 15.3 Å². The van der Waals surface area contributed by atoms with Gasteiger partial charge in [0.15, 0.2) is 0 Å². The van der Waals surface area contributed by atoms with E-state index in [-0.39, 0.29) is 37.5 Å². The lowest BCUT2D eigenvalue weighted by atomic mass is 9.98. The molecule has 0 spiro atoms. The minimum absolute atomic E-state index is 0. The zero-order chi connectivity index (χ0) is 13.0. The molecule has 1 atom stereocenters. The van der Waals surface area contributed by atoms with E-state index in [2.05, 4.69) is 48.3 Å². The van der Waals surface area contributed by atoms with Crippen molar-refractivity contribution in [1.82, 2.24) is 10.2 Å². The van der Waals surface area contributed by atoms with Gasteiger partial charge in [-0.3, -0.25) is 4.90 Å². The van der Waals surface area contributed by atoms with Crippen LogP contribution in [-0.4, -0.2) is 37.8 Å². The second-order valence-corrected chi connectivity index (χ2v) is 5.28. The SMILES string of the molecule is CC(C)c1ccc([C@@H](CF)N2CCNCC2)cc1.Cl.Cl. The molecular formula is C15H25Cl2FN2. The van der Waals surface area contributed by atoms with Gasteiger partial charge in [-0.15, -0.1) is 24.8 Å². The molecule has 0 saturated carbocycles. The molecule has 0 bridgehead atoms. The molecule has 116 valence electrons. The Kier molecular flexibility index (Phi) is 9.39. The zero-order valence-corrected chi connectivity index (χ0v) is 13.8. The van der Waals surface area contributed by atoms with Crippen LogP contribution in [0.1, 0.15) is 36.9 Å². The maximum atomic E-state index is 13.3. The second kappa shape index (κ2) is 9.56. The highest BCUT2D eigenvalue weighted by atomic mass is 35.5. The Morgan fingerprint density at radius 1 is 1.05 bits per heavy atom. The Morgan fingerprint density at radius 3 is 2.00 bits per heavy atom. The molecule has 1 fully saturated rings. The molecular weight excluding hydrogens is 298 g/mol. The number of piperazine rings is 1. The van der Waals surface area contributed by atoms with Gasteiger partial charge >= 0.3 is 0 Å². The summed E-state index contributed by atoms with van der Waals surface area (Å²) in [5, 5.41) is 3.31. The highest BCUT2D eigenvalue weighted by Crippen LogP contribution is 2.24. The molecule has 1 aliphatic heterocycles. The Bertz CT molecular complexity index is 365. The molecule has 5 heteroatoms. The van der Waals surface area contributed by atoms with Crippen LogP contribution in [0.5, 0.6) is 0 Å². The van der Waals surface area contributed by atoms with Crippen LogP contribution in [-0.2, 0) is 0 Å². The number of benzene rings is 1. The van der Waals surface area contributed by atoms with Crippen LogP contribution in [0.25, 0.3) is 0 Å². The van der Waals surface area contributed by atoms with Crippen LogP contribution in [0.15, 0.2) is 24.3 Å². The summed E-state index contributed by atoms with van der Waals surface area (Å²) in [6, 6.07) is 8.35. The van der Waals surface area contributed by atoms with Crippen molar-refractivity contribution in [1.29, 1.82) is 0 Å². The number of hydrogen-bond donors (Lipinski definition) is 1. The van der Waals surface area contributed by atoms with E-state index in [0.717, 1.165) is 31.7 Å². The molecule has 1 saturated heterocycles. The van der Waals surface area contributed by atoms with Crippen LogP contribution >= 0.6 is 24.8 Å². The highest BCUT2D eigenvalue weighted by Gasteiger charge is 2.21. The molecule has 0 aliphatic carbocycles. The van der Waals surface area contributed by atoms with Crippen molar-refractivity contribution in [3.8, 4) is 0 Å². The summed E-state index contributed by atoms with van der Waals surface area (Å²) in [5.41, 5.74) is 2.42. The third-order valence-corrected chi connectivity index (χ3v) is 3.73. The van der Waals surface area contributed by atoms with Gasteiger partial charge in [0.2, 0.25) is 0 Å². The first-order valence-corrected chi connectivity index (χ1v) is 6.83. The first-order valence-electron chi connectivity index (χ1n) is 6.83. The van der Waals surface area contributed by atoms with Gasteiger partial charge in [-0.25, -0.2) is 4.39 Å². The number of nitrogens with zero attached hydrogens (tertiary/aromatic N) is 1. The second-order valence-electron chi connectivity index (χ2n) is 5.28. The first kappa shape index (κ1) is 19.7. The Balaban J connectivity index is 0.00000180. The van der Waals surface area contributed by atoms with Crippen LogP contribution in [0.2, 0.25) is 0 Å². The maximum Gasteiger partial charge on any atom is 0.109 e. The van der Waals surface area contributed by atoms with Crippen molar-refractivity contribution < 1.29 is 4.39 Å². The average Bonchev–Trinajstić information content (AvgIpc) is 2.41. The number of hydrogen-bond acceptors (Lipinski definition) is 2. The average molecular weight is 323 g/mol. The van der Waals surface area contributed by atoms with E-state index in [1.807, 2.05) is 0 Å². The predicted octanol–water partition coefficient (Wildman–Crippen LogP) is 3.57. The van der Waals surface area contributed by atoms with Crippen LogP contribution < -0.4 is 5.32 Å². The summed E-state index contributed by atoms with van der Waals surface area (Å²) in [7, 11) is 0. The largest absolute Gasteiger partial charge is 0.314 e. The Morgan fingerprint density at radius 2 is 1.55 bits per heavy atom. The van der Waals surface area contributed by atoms with Gasteiger partial charge in [-0.05, 0) is 17.0 Å². The standard InChI is InChI=1S/C15H23FN2.2ClH/c1-12(2)13-3-5-14(6-4-13)15(11-16)18-9-7-17-8-10-18;;/h3-6,12,15,17H,7-11H2,1-2H3;2*1H/t15-;;/m1../s1. The lowest BCUT2D eigenvalue weighted by molar-refractivity contribution is 0.147. The fourth-order valence-electron chi connectivity index (χ4n) is 2.49. The third kappa shape index (κ3) is 4.88. The lowest BCUT2D eigenvalue weighted by Crippen LogP contribution is -2.45. The summed E-state index contributed by atoms with van der Waals surface area (Å²) in [6.07, 6.45) is 0. The zero-order valence-electron chi connectivity index (χ0n) is 12.1. The highest BCUT2D eigenvalue weighted by molar-refractivity contribution is 5.85. The van der Waals surface area contributed by atoms with Gasteiger partial charge in [0, 0.05) is 26.2 Å². The van der Waals surface area contributed by atoms with Crippen molar-refractivity contribution in [2.45, 2.75) is 25.8 Å². The van der Waals surface area contributed by atoms with E-state index in [1.54, 1.807) is 0 Å². The molecule has 1 N–H and O–H groups in total. The summed E-state index contributed by atoms with van der Waals surface area (Å²) in [4.78, 5) is 2.24. The third-order valence-electron chi connectivity index (χ3n) is 3.73. The van der Waals surface area contributed by atoms with E-state index in [9.17, 15) is 4.39 Å². The molecule has 0 radical (unpaired) electrons. The summed E-state index contributed by atoms with van der Waals surface area (Å²) >= 11 is 0. The first-order chi connectivity index (χ1) is 8.72. The van der Waals surface area contributed by atoms with Gasteiger partial charge < -0.3 is 5.32 Å². The number of rotatable bonds is 4. The predicted molar refractivity (Wildman–Crippen MR) is 88.2 cm³/mol. The molecule has 1 aromatic carbocycles. The van der Waals surface area contributed by atoms with Gasteiger partial charge in [-0.1, -0.05) is 38.1 Å². The lowest BCUT2D eigenvalue weighted by Gasteiger charge is -2.33. The number of alkyl halides is 1. The van der Waals surface area contributed by atoms with Crippen LogP contribution in [0.4, 0.5) is 4.39 Å². The summed E-state index contributed by atoms with van der Waals surface area (Å²) in [6.45, 7) is 7.83. The van der Waals surface area contributed by atoms with Crippen LogP contribution in [0.3, 0.4) is 0 Å². The summed E-state index contributed by atoms with van der Waals surface area (Å²) < 4.78 is 13.3. The Hall–Kier alpha value is -0.350. The molecule has 1 aliphatic rings. The van der Waals surface area contributed by atoms with Crippen LogP contribution in [0, 0.1) is 0 Å². The van der Waals surface area contributed by atoms with Gasteiger partial charge in [0.05, 0.1) is 6.04 Å². The van der Waals surface area contributed by atoms with E-state index in [1.165, 1.54) is 5.56 Å². The normalized spacial score (nSPS) is 17.2. The van der Waals surface area contributed by atoms with E-state index in [4.69, 9.17) is 0 Å².